The first-order valence-electron chi connectivity index (χ1n) is 4.94. The summed E-state index contributed by atoms with van der Waals surface area (Å²) < 4.78 is 4.89. The van der Waals surface area contributed by atoms with Crippen LogP contribution in [0.2, 0.25) is 0 Å². The van der Waals surface area contributed by atoms with E-state index in [9.17, 15) is 4.79 Å². The molecule has 4 heteroatoms. The van der Waals surface area contributed by atoms with Crippen LogP contribution in [0.4, 0.5) is 0 Å². The molecule has 0 aliphatic carbocycles. The fourth-order valence-electron chi connectivity index (χ4n) is 1.54. The maximum Gasteiger partial charge on any atom is 0.325 e. The van der Waals surface area contributed by atoms with Crippen LogP contribution in [-0.4, -0.2) is 23.7 Å². The minimum atomic E-state index is -0.227. The van der Waals surface area contributed by atoms with Crippen LogP contribution in [0.3, 0.4) is 0 Å². The van der Waals surface area contributed by atoms with Crippen molar-refractivity contribution < 1.29 is 14.6 Å². The van der Waals surface area contributed by atoms with Gasteiger partial charge in [0.25, 0.3) is 0 Å². The highest BCUT2D eigenvalue weighted by atomic mass is 16.5. The topological polar surface area (TPSA) is 68.5 Å². The largest absolute Gasteiger partial charge is 0.508 e. The molecule has 0 saturated carbocycles. The number of aromatic hydroxyl groups is 1. The molecular weight excluding hydrogens is 194 g/mol. The minimum absolute atomic E-state index is 0.0321. The van der Waals surface area contributed by atoms with E-state index in [1.165, 1.54) is 0 Å². The first-order chi connectivity index (χ1) is 7.22. The Hall–Kier alpha value is -1.55. The van der Waals surface area contributed by atoms with Gasteiger partial charge >= 0.3 is 5.97 Å². The molecule has 4 nitrogen and oxygen atoms in total. The normalized spacial score (nSPS) is 23.5. The Kier molecular flexibility index (Phi) is 2.60. The molecule has 0 bridgehead atoms. The standard InChI is InChI=1S/C11H13NO3/c1-2-15-11(14)10-9(12-10)7-3-5-8(13)6-4-7/h3-6,9-10,12-13H,2H2,1H3/t9-,10-/m0/s1. The Bertz CT molecular complexity index is 361. The van der Waals surface area contributed by atoms with Gasteiger partial charge in [-0.25, -0.2) is 0 Å². The lowest BCUT2D eigenvalue weighted by atomic mass is 10.1. The van der Waals surface area contributed by atoms with Crippen molar-refractivity contribution in [2.75, 3.05) is 6.61 Å². The lowest BCUT2D eigenvalue weighted by Gasteiger charge is -1.99. The highest BCUT2D eigenvalue weighted by Crippen LogP contribution is 2.31. The molecule has 2 N–H and O–H groups in total. The van der Waals surface area contributed by atoms with Gasteiger partial charge in [0.15, 0.2) is 0 Å². The van der Waals surface area contributed by atoms with Gasteiger partial charge in [0.2, 0.25) is 0 Å². The van der Waals surface area contributed by atoms with Crippen LogP contribution in [-0.2, 0) is 9.53 Å². The maximum atomic E-state index is 11.3. The Morgan fingerprint density at radius 1 is 1.47 bits per heavy atom. The molecule has 1 aromatic rings. The van der Waals surface area contributed by atoms with Crippen LogP contribution in [0, 0.1) is 0 Å². The van der Waals surface area contributed by atoms with E-state index in [-0.39, 0.29) is 23.8 Å². The van der Waals surface area contributed by atoms with Gasteiger partial charge in [0, 0.05) is 0 Å². The molecule has 80 valence electrons. The molecule has 15 heavy (non-hydrogen) atoms. The number of ether oxygens (including phenoxy) is 1. The van der Waals surface area contributed by atoms with Crippen molar-refractivity contribution in [1.82, 2.24) is 5.32 Å². The van der Waals surface area contributed by atoms with Crippen molar-refractivity contribution in [1.29, 1.82) is 0 Å². The number of phenolic OH excluding ortho intramolecular Hbond substituents is 1. The molecule has 2 rings (SSSR count). The van der Waals surface area contributed by atoms with E-state index >= 15 is 0 Å². The van der Waals surface area contributed by atoms with E-state index < -0.39 is 0 Å². The van der Waals surface area contributed by atoms with E-state index in [4.69, 9.17) is 9.84 Å². The summed E-state index contributed by atoms with van der Waals surface area (Å²) in [5.74, 6) is 0.0164. The van der Waals surface area contributed by atoms with Crippen molar-refractivity contribution in [3.8, 4) is 5.75 Å². The monoisotopic (exact) mass is 207 g/mol. The average molecular weight is 207 g/mol. The van der Waals surface area contributed by atoms with Gasteiger partial charge in [-0.2, -0.15) is 0 Å². The fraction of sp³-hybridized carbons (Fsp3) is 0.364. The molecule has 1 aliphatic rings. The van der Waals surface area contributed by atoms with Crippen LogP contribution >= 0.6 is 0 Å². The lowest BCUT2D eigenvalue weighted by molar-refractivity contribution is -0.142. The second-order valence-corrected chi connectivity index (χ2v) is 3.47. The van der Waals surface area contributed by atoms with Gasteiger partial charge in [-0.15, -0.1) is 0 Å². The molecule has 0 radical (unpaired) electrons. The summed E-state index contributed by atoms with van der Waals surface area (Å²) in [6, 6.07) is 6.62. The highest BCUT2D eigenvalue weighted by molar-refractivity contribution is 5.80. The summed E-state index contributed by atoms with van der Waals surface area (Å²) in [6.07, 6.45) is 0. The van der Waals surface area contributed by atoms with Crippen molar-refractivity contribution >= 4 is 5.97 Å². The SMILES string of the molecule is CCOC(=O)[C@H]1N[C@H]1c1ccc(O)cc1. The van der Waals surface area contributed by atoms with Crippen LogP contribution in [0.1, 0.15) is 18.5 Å². The van der Waals surface area contributed by atoms with Crippen molar-refractivity contribution in [3.63, 3.8) is 0 Å². The number of hydrogen-bond acceptors (Lipinski definition) is 4. The third-order valence-corrected chi connectivity index (χ3v) is 2.38. The number of rotatable bonds is 3. The van der Waals surface area contributed by atoms with Gasteiger partial charge in [-0.05, 0) is 24.6 Å². The van der Waals surface area contributed by atoms with Gasteiger partial charge in [-0.3, -0.25) is 10.1 Å². The van der Waals surface area contributed by atoms with Crippen LogP contribution in [0.25, 0.3) is 0 Å². The van der Waals surface area contributed by atoms with E-state index in [1.807, 2.05) is 0 Å². The third kappa shape index (κ3) is 2.10. The summed E-state index contributed by atoms with van der Waals surface area (Å²) in [4.78, 5) is 11.3. The molecule has 0 aromatic heterocycles. The molecule has 1 fully saturated rings. The van der Waals surface area contributed by atoms with E-state index in [2.05, 4.69) is 5.32 Å². The van der Waals surface area contributed by atoms with Crippen LogP contribution in [0.5, 0.6) is 5.75 Å². The Labute approximate surface area is 87.9 Å². The lowest BCUT2D eigenvalue weighted by Crippen LogP contribution is -2.13. The Morgan fingerprint density at radius 2 is 2.13 bits per heavy atom. The maximum absolute atomic E-state index is 11.3. The van der Waals surface area contributed by atoms with Crippen LogP contribution in [0.15, 0.2) is 24.3 Å². The van der Waals surface area contributed by atoms with E-state index in [0.29, 0.717) is 6.61 Å². The average Bonchev–Trinajstić information content (AvgIpc) is 2.99. The zero-order valence-electron chi connectivity index (χ0n) is 8.43. The first-order valence-corrected chi connectivity index (χ1v) is 4.94. The first kappa shape index (κ1) is 9.98. The molecule has 1 saturated heterocycles. The van der Waals surface area contributed by atoms with Crippen LogP contribution < -0.4 is 5.32 Å². The number of hydrogen-bond donors (Lipinski definition) is 2. The minimum Gasteiger partial charge on any atom is -0.508 e. The summed E-state index contributed by atoms with van der Waals surface area (Å²) >= 11 is 0. The molecule has 1 aromatic carbocycles. The van der Waals surface area contributed by atoms with Gasteiger partial charge in [-0.1, -0.05) is 12.1 Å². The predicted molar refractivity (Wildman–Crippen MR) is 54.4 cm³/mol. The van der Waals surface area contributed by atoms with Crippen molar-refractivity contribution in [3.05, 3.63) is 29.8 Å². The second-order valence-electron chi connectivity index (χ2n) is 3.47. The molecule has 0 spiro atoms. The molecule has 0 unspecified atom stereocenters. The Morgan fingerprint density at radius 3 is 2.73 bits per heavy atom. The number of esters is 1. The summed E-state index contributed by atoms with van der Waals surface area (Å²) in [7, 11) is 0. The number of phenols is 1. The number of carbonyl (C=O) groups excluding carboxylic acids is 1. The second kappa shape index (κ2) is 3.90. The molecular formula is C11H13NO3. The van der Waals surface area contributed by atoms with Gasteiger partial charge in [0.1, 0.15) is 11.8 Å². The summed E-state index contributed by atoms with van der Waals surface area (Å²) in [5.41, 5.74) is 0.992. The number of nitrogens with one attached hydrogen (secondary N) is 1. The summed E-state index contributed by atoms with van der Waals surface area (Å²) in [6.45, 7) is 2.19. The smallest absolute Gasteiger partial charge is 0.325 e. The molecule has 0 amide bonds. The quantitative estimate of drug-likeness (QED) is 0.572. The van der Waals surface area contributed by atoms with Crippen molar-refractivity contribution in [2.45, 2.75) is 19.0 Å². The molecule has 2 atom stereocenters. The third-order valence-electron chi connectivity index (χ3n) is 2.38. The highest BCUT2D eigenvalue weighted by Gasteiger charge is 2.44. The zero-order valence-corrected chi connectivity index (χ0v) is 8.43. The van der Waals surface area contributed by atoms with E-state index in [1.54, 1.807) is 31.2 Å². The fourth-order valence-corrected chi connectivity index (χ4v) is 1.54. The number of carbonyl (C=O) groups is 1. The number of benzene rings is 1. The zero-order chi connectivity index (χ0) is 10.8. The van der Waals surface area contributed by atoms with Gasteiger partial charge < -0.3 is 9.84 Å². The van der Waals surface area contributed by atoms with Gasteiger partial charge in [0.05, 0.1) is 12.6 Å². The predicted octanol–water partition coefficient (Wildman–Crippen LogP) is 0.968. The van der Waals surface area contributed by atoms with Crippen molar-refractivity contribution in [2.24, 2.45) is 0 Å². The molecule has 1 heterocycles. The summed E-state index contributed by atoms with van der Waals surface area (Å²) in [5, 5.41) is 12.1. The van der Waals surface area contributed by atoms with E-state index in [0.717, 1.165) is 5.56 Å². The molecule has 1 aliphatic heterocycles. The Balaban J connectivity index is 1.98.